The van der Waals surface area contributed by atoms with Crippen LogP contribution in [0, 0.1) is 0 Å². The van der Waals surface area contributed by atoms with Crippen molar-refractivity contribution < 1.29 is 19.1 Å². The minimum atomic E-state index is -0.612. The lowest BCUT2D eigenvalue weighted by Gasteiger charge is -2.31. The molecule has 1 fully saturated rings. The molecule has 0 aliphatic carbocycles. The number of nitrogens with two attached hydrogens (primary N) is 1. The predicted molar refractivity (Wildman–Crippen MR) is 157 cm³/mol. The molecule has 3 aromatic carbocycles. The molecule has 1 saturated heterocycles. The van der Waals surface area contributed by atoms with Gasteiger partial charge in [-0.25, -0.2) is 9.59 Å². The van der Waals surface area contributed by atoms with E-state index in [9.17, 15) is 9.59 Å². The van der Waals surface area contributed by atoms with Gasteiger partial charge in [0.05, 0.1) is 16.8 Å². The number of esters is 2. The van der Waals surface area contributed by atoms with Gasteiger partial charge < -0.3 is 25.4 Å². The van der Waals surface area contributed by atoms with Crippen molar-refractivity contribution >= 4 is 51.5 Å². The van der Waals surface area contributed by atoms with Gasteiger partial charge in [0, 0.05) is 47.6 Å². The first kappa shape index (κ1) is 27.4. The van der Waals surface area contributed by atoms with E-state index in [0.717, 1.165) is 61.2 Å². The number of likely N-dealkylation sites (tertiary alicyclic amines) is 1. The Morgan fingerprint density at radius 1 is 1.00 bits per heavy atom. The topological polar surface area (TPSA) is 107 Å². The Bertz CT molecular complexity index is 1490. The second kappa shape index (κ2) is 12.8. The number of halogens is 1. The molecule has 206 valence electrons. The molecule has 0 atom stereocenters. The lowest BCUT2D eigenvalue weighted by molar-refractivity contribution is -0.154. The lowest BCUT2D eigenvalue weighted by Crippen LogP contribution is -2.39. The molecule has 0 saturated carbocycles. The van der Waals surface area contributed by atoms with Crippen molar-refractivity contribution in [3.05, 3.63) is 95.1 Å². The molecule has 4 aromatic rings. The van der Waals surface area contributed by atoms with E-state index in [1.807, 2.05) is 30.3 Å². The summed E-state index contributed by atoms with van der Waals surface area (Å²) < 4.78 is 10.9. The number of aromatic nitrogens is 1. The molecule has 0 spiro atoms. The highest BCUT2D eigenvalue weighted by Crippen LogP contribution is 2.29. The monoisotopic (exact) mass is 558 g/mol. The second-order valence-corrected chi connectivity index (χ2v) is 10.2. The number of pyridine rings is 1. The van der Waals surface area contributed by atoms with Gasteiger partial charge in [-0.15, -0.1) is 0 Å². The Morgan fingerprint density at radius 3 is 2.58 bits per heavy atom. The summed E-state index contributed by atoms with van der Waals surface area (Å²) in [4.78, 5) is 32.1. The molecule has 40 heavy (non-hydrogen) atoms. The van der Waals surface area contributed by atoms with Crippen molar-refractivity contribution in [2.24, 2.45) is 0 Å². The summed E-state index contributed by atoms with van der Waals surface area (Å²) in [7, 11) is 0. The SMILES string of the molecule is Nc1ccc(CCN2CCC(OC(=O)COC(=O)c3ccccc3Nc3ccnc4cc(Cl)ccc34)CC2)cc1. The Balaban J connectivity index is 1.10. The maximum absolute atomic E-state index is 12.9. The number of fused-ring (bicyclic) bond motifs is 1. The van der Waals surface area contributed by atoms with Crippen LogP contribution in [0.5, 0.6) is 0 Å². The van der Waals surface area contributed by atoms with Gasteiger partial charge in [0.1, 0.15) is 6.10 Å². The van der Waals surface area contributed by atoms with Crippen LogP contribution in [0.25, 0.3) is 10.9 Å². The molecule has 5 rings (SSSR count). The first-order valence-corrected chi connectivity index (χ1v) is 13.7. The fourth-order valence-corrected chi connectivity index (χ4v) is 4.96. The minimum Gasteiger partial charge on any atom is -0.460 e. The summed E-state index contributed by atoms with van der Waals surface area (Å²) in [6.45, 7) is 2.20. The predicted octanol–water partition coefficient (Wildman–Crippen LogP) is 5.62. The molecule has 1 aromatic heterocycles. The van der Waals surface area contributed by atoms with Crippen LogP contribution in [-0.2, 0) is 20.7 Å². The zero-order valence-corrected chi connectivity index (χ0v) is 22.8. The van der Waals surface area contributed by atoms with E-state index in [1.54, 1.807) is 36.5 Å². The summed E-state index contributed by atoms with van der Waals surface area (Å²) in [5, 5.41) is 4.73. The molecule has 0 radical (unpaired) electrons. The Hall–Kier alpha value is -4.14. The van der Waals surface area contributed by atoms with Crippen molar-refractivity contribution in [3.63, 3.8) is 0 Å². The number of anilines is 3. The molecule has 0 bridgehead atoms. The van der Waals surface area contributed by atoms with Gasteiger partial charge >= 0.3 is 11.9 Å². The molecule has 8 nitrogen and oxygen atoms in total. The van der Waals surface area contributed by atoms with E-state index in [-0.39, 0.29) is 6.10 Å². The van der Waals surface area contributed by atoms with Crippen molar-refractivity contribution in [1.29, 1.82) is 0 Å². The average Bonchev–Trinajstić information content (AvgIpc) is 2.96. The van der Waals surface area contributed by atoms with Gasteiger partial charge in [-0.3, -0.25) is 4.98 Å². The van der Waals surface area contributed by atoms with Gasteiger partial charge in [0.2, 0.25) is 0 Å². The highest BCUT2D eigenvalue weighted by atomic mass is 35.5. The number of benzene rings is 3. The third-order valence-electron chi connectivity index (χ3n) is 6.97. The van der Waals surface area contributed by atoms with Gasteiger partial charge in [-0.05, 0) is 73.4 Å². The van der Waals surface area contributed by atoms with Crippen molar-refractivity contribution in [2.75, 3.05) is 37.3 Å². The fraction of sp³-hybridized carbons (Fsp3) is 0.258. The molecule has 1 aliphatic heterocycles. The normalized spacial score (nSPS) is 14.1. The lowest BCUT2D eigenvalue weighted by atomic mass is 10.1. The summed E-state index contributed by atoms with van der Waals surface area (Å²) in [5.74, 6) is -1.16. The van der Waals surface area contributed by atoms with Crippen LogP contribution in [0.3, 0.4) is 0 Å². The Labute approximate surface area is 238 Å². The van der Waals surface area contributed by atoms with Crippen LogP contribution in [0.2, 0.25) is 5.02 Å². The van der Waals surface area contributed by atoms with Crippen LogP contribution in [-0.4, -0.2) is 54.2 Å². The maximum Gasteiger partial charge on any atom is 0.344 e. The molecule has 3 N–H and O–H groups in total. The first-order valence-electron chi connectivity index (χ1n) is 13.3. The Kier molecular flexibility index (Phi) is 8.78. The third kappa shape index (κ3) is 7.08. The molecule has 2 heterocycles. The van der Waals surface area contributed by atoms with E-state index in [1.165, 1.54) is 5.56 Å². The second-order valence-electron chi connectivity index (χ2n) is 9.79. The number of piperidine rings is 1. The van der Waals surface area contributed by atoms with E-state index in [4.69, 9.17) is 26.8 Å². The smallest absolute Gasteiger partial charge is 0.344 e. The van der Waals surface area contributed by atoms with E-state index < -0.39 is 18.5 Å². The number of nitrogens with one attached hydrogen (secondary N) is 1. The largest absolute Gasteiger partial charge is 0.460 e. The van der Waals surface area contributed by atoms with Crippen LogP contribution >= 0.6 is 11.6 Å². The number of carbonyl (C=O) groups is 2. The number of para-hydroxylation sites is 1. The number of ether oxygens (including phenoxy) is 2. The quantitative estimate of drug-likeness (QED) is 0.201. The number of hydrogen-bond acceptors (Lipinski definition) is 8. The van der Waals surface area contributed by atoms with Gasteiger partial charge in [0.15, 0.2) is 6.61 Å². The van der Waals surface area contributed by atoms with Crippen LogP contribution < -0.4 is 11.1 Å². The zero-order valence-electron chi connectivity index (χ0n) is 22.0. The van der Waals surface area contributed by atoms with Gasteiger partial charge in [-0.1, -0.05) is 35.9 Å². The van der Waals surface area contributed by atoms with Gasteiger partial charge in [-0.2, -0.15) is 0 Å². The fourth-order valence-electron chi connectivity index (χ4n) is 4.79. The number of carbonyl (C=O) groups excluding carboxylic acids is 2. The molecule has 9 heteroatoms. The number of nitrogen functional groups attached to an aromatic ring is 1. The summed E-state index contributed by atoms with van der Waals surface area (Å²) in [6, 6.07) is 22.2. The van der Waals surface area contributed by atoms with E-state index in [0.29, 0.717) is 16.3 Å². The van der Waals surface area contributed by atoms with Crippen molar-refractivity contribution in [1.82, 2.24) is 9.88 Å². The summed E-state index contributed by atoms with van der Waals surface area (Å²) >= 11 is 6.10. The number of nitrogens with zero attached hydrogens (tertiary/aromatic N) is 2. The molecular weight excluding hydrogens is 528 g/mol. The van der Waals surface area contributed by atoms with E-state index in [2.05, 4.69) is 27.3 Å². The molecule has 0 unspecified atom stereocenters. The van der Waals surface area contributed by atoms with Crippen LogP contribution in [0.4, 0.5) is 17.1 Å². The first-order chi connectivity index (χ1) is 19.4. The highest BCUT2D eigenvalue weighted by Gasteiger charge is 2.23. The number of hydrogen-bond donors (Lipinski definition) is 2. The van der Waals surface area contributed by atoms with Crippen molar-refractivity contribution in [2.45, 2.75) is 25.4 Å². The molecular formula is C31H31ClN4O4. The molecule has 0 amide bonds. The molecule has 1 aliphatic rings. The van der Waals surface area contributed by atoms with Gasteiger partial charge in [0.25, 0.3) is 0 Å². The summed E-state index contributed by atoms with van der Waals surface area (Å²) in [5.41, 5.74) is 10.1. The Morgan fingerprint density at radius 2 is 1.77 bits per heavy atom. The standard InChI is InChI=1S/C31H31ClN4O4/c32-22-7-10-25-28(11-15-34-29(25)19-22)35-27-4-2-1-3-26(27)31(38)39-20-30(37)40-24-13-17-36(18-14-24)16-12-21-5-8-23(33)9-6-21/h1-11,15,19,24H,12-14,16-18,20,33H2,(H,34,35). The van der Waals surface area contributed by atoms with Crippen LogP contribution in [0.1, 0.15) is 28.8 Å². The minimum absolute atomic E-state index is 0.179. The highest BCUT2D eigenvalue weighted by molar-refractivity contribution is 6.31. The van der Waals surface area contributed by atoms with Crippen molar-refractivity contribution in [3.8, 4) is 0 Å². The zero-order chi connectivity index (χ0) is 27.9. The third-order valence-corrected chi connectivity index (χ3v) is 7.21. The number of rotatable bonds is 9. The maximum atomic E-state index is 12.9. The summed E-state index contributed by atoms with van der Waals surface area (Å²) in [6.07, 6.45) is 3.94. The average molecular weight is 559 g/mol. The van der Waals surface area contributed by atoms with Crippen LogP contribution in [0.15, 0.2) is 79.0 Å². The van der Waals surface area contributed by atoms with E-state index >= 15 is 0 Å².